The quantitative estimate of drug-likeness (QED) is 0.0839. The van der Waals surface area contributed by atoms with Crippen LogP contribution in [-0.2, 0) is 22.4 Å². The van der Waals surface area contributed by atoms with E-state index in [-0.39, 0.29) is 29.2 Å². The van der Waals surface area contributed by atoms with Gasteiger partial charge in [-0.3, -0.25) is 14.3 Å². The molecule has 0 bridgehead atoms. The van der Waals surface area contributed by atoms with Gasteiger partial charge in [0.2, 0.25) is 5.69 Å². The molecule has 12 heteroatoms. The molecule has 3 unspecified atom stereocenters. The Morgan fingerprint density at radius 3 is 2.65 bits per heavy atom. The van der Waals surface area contributed by atoms with Crippen molar-refractivity contribution in [3.63, 3.8) is 0 Å². The molecule has 0 saturated heterocycles. The van der Waals surface area contributed by atoms with E-state index in [9.17, 15) is 9.00 Å². The monoisotopic (exact) mass is 641 g/mol. The topological polar surface area (TPSA) is 131 Å². The van der Waals surface area contributed by atoms with Crippen LogP contribution in [0.5, 0.6) is 5.75 Å². The summed E-state index contributed by atoms with van der Waals surface area (Å²) >= 11 is -1.96. The van der Waals surface area contributed by atoms with Gasteiger partial charge >= 0.3 is 17.2 Å². The molecule has 0 amide bonds. The summed E-state index contributed by atoms with van der Waals surface area (Å²) in [7, 11) is 1.73. The number of benzene rings is 2. The minimum Gasteiger partial charge on any atom is -0.459 e. The van der Waals surface area contributed by atoms with Crippen molar-refractivity contribution >= 4 is 39.9 Å². The number of H-pyrrole nitrogens is 1. The van der Waals surface area contributed by atoms with Gasteiger partial charge in [-0.15, -0.1) is 0 Å². The summed E-state index contributed by atoms with van der Waals surface area (Å²) in [6.07, 6.45) is 3.99. The molecule has 4 aromatic rings. The molecule has 3 atom stereocenters. The van der Waals surface area contributed by atoms with E-state index in [1.54, 1.807) is 34.8 Å². The van der Waals surface area contributed by atoms with Crippen molar-refractivity contribution in [2.45, 2.75) is 60.0 Å². The third kappa shape index (κ3) is 6.68. The van der Waals surface area contributed by atoms with Gasteiger partial charge in [0.1, 0.15) is 17.4 Å². The number of nitrogens with one attached hydrogen (secondary N) is 2. The molecule has 2 heterocycles. The van der Waals surface area contributed by atoms with Gasteiger partial charge in [-0.1, -0.05) is 39.8 Å². The highest BCUT2D eigenvalue weighted by molar-refractivity contribution is 7.82. The highest BCUT2D eigenvalue weighted by Crippen LogP contribution is 2.37. The Kier molecular flexibility index (Phi) is 9.59. The second kappa shape index (κ2) is 13.6. The Balaban J connectivity index is 1.47. The van der Waals surface area contributed by atoms with Crippen LogP contribution in [0.15, 0.2) is 42.6 Å². The number of aryl methyl sites for hydroxylation is 2. The maximum Gasteiger partial charge on any atom is 0.331 e. The predicted octanol–water partition coefficient (Wildman–Crippen LogP) is 6.36. The van der Waals surface area contributed by atoms with Crippen LogP contribution in [0.2, 0.25) is 0 Å². The van der Waals surface area contributed by atoms with Crippen molar-refractivity contribution in [3.8, 4) is 29.2 Å². The van der Waals surface area contributed by atoms with Crippen LogP contribution in [0.3, 0.4) is 0 Å². The van der Waals surface area contributed by atoms with Gasteiger partial charge < -0.3 is 19.6 Å². The Morgan fingerprint density at radius 2 is 1.98 bits per heavy atom. The number of ether oxygens (including phenoxy) is 1. The molecule has 4 N–H and O–H groups in total. The van der Waals surface area contributed by atoms with Crippen molar-refractivity contribution in [1.29, 1.82) is 0 Å². The fraction of sp³-hybridized carbons (Fsp3) is 0.382. The molecule has 0 radical (unpaired) electrons. The van der Waals surface area contributed by atoms with Crippen LogP contribution in [0.4, 0.5) is 17.1 Å². The van der Waals surface area contributed by atoms with Crippen molar-refractivity contribution < 1.29 is 17.9 Å². The zero-order valence-electron chi connectivity index (χ0n) is 26.9. The van der Waals surface area contributed by atoms with Crippen molar-refractivity contribution in [2.24, 2.45) is 23.5 Å². The van der Waals surface area contributed by atoms with Crippen molar-refractivity contribution in [3.05, 3.63) is 70.7 Å². The fourth-order valence-corrected chi connectivity index (χ4v) is 7.08. The normalized spacial score (nSPS) is 19.8. The Labute approximate surface area is 272 Å². The van der Waals surface area contributed by atoms with E-state index in [1.807, 2.05) is 38.1 Å². The molecule has 5 rings (SSSR count). The number of hydrogen-bond acceptors (Lipinski definition) is 7. The zero-order chi connectivity index (χ0) is 33.1. The van der Waals surface area contributed by atoms with Gasteiger partial charge in [-0.25, -0.2) is 14.6 Å². The lowest BCUT2D eigenvalue weighted by atomic mass is 9.75. The number of aromatic amines is 1. The molecule has 240 valence electrons. The van der Waals surface area contributed by atoms with E-state index < -0.39 is 17.2 Å². The summed E-state index contributed by atoms with van der Waals surface area (Å²) < 4.78 is 29.6. The average molecular weight is 642 g/mol. The van der Waals surface area contributed by atoms with Crippen LogP contribution < -0.4 is 19.5 Å². The minimum atomic E-state index is -1.96. The standard InChI is InChI=1S/C34H39N7O4S/c1-8-24-10-9-20(2)17-29(24)45-46(43)39-26-18-25(11-12-28(26)40(7)14-13-35)32-37-33-30(27(36-6)19-41(33)38-32)34(42)44-31-22(4)15-21(3)16-23(31)5/h9-12,17-19,21-23,31,39H,8,15-16,35H2,1-5,7H3,(H,37,38). The number of carbonyl (C=O) groups is 1. The largest absolute Gasteiger partial charge is 0.459 e. The first-order valence-corrected chi connectivity index (χ1v) is 16.4. The summed E-state index contributed by atoms with van der Waals surface area (Å²) in [6.45, 7) is 18.1. The summed E-state index contributed by atoms with van der Waals surface area (Å²) in [5.41, 5.74) is 9.65. The maximum atomic E-state index is 13.5. The van der Waals surface area contributed by atoms with E-state index in [0.29, 0.717) is 40.1 Å². The van der Waals surface area contributed by atoms with E-state index >= 15 is 0 Å². The lowest BCUT2D eigenvalue weighted by Gasteiger charge is -2.37. The fourth-order valence-electron chi connectivity index (χ4n) is 6.38. The zero-order valence-corrected chi connectivity index (χ0v) is 27.7. The van der Waals surface area contributed by atoms with Gasteiger partial charge in [0, 0.05) is 30.9 Å². The van der Waals surface area contributed by atoms with Crippen LogP contribution in [-0.4, -0.2) is 37.9 Å². The number of carbonyl (C=O) groups excluding carboxylic acids is 1. The summed E-state index contributed by atoms with van der Waals surface area (Å²) in [5, 5.41) is 3.16. The van der Waals surface area contributed by atoms with Crippen LogP contribution in [0.25, 0.3) is 21.9 Å². The number of nitrogens with two attached hydrogens (primary N) is 1. The maximum absolute atomic E-state index is 13.5. The number of rotatable bonds is 9. The first-order chi connectivity index (χ1) is 22.0. The predicted molar refractivity (Wildman–Crippen MR) is 180 cm³/mol. The van der Waals surface area contributed by atoms with E-state index in [1.165, 1.54) is 0 Å². The van der Waals surface area contributed by atoms with Gasteiger partial charge in [0.25, 0.3) is 0 Å². The molecule has 0 aliphatic heterocycles. The first kappa shape index (κ1) is 32.5. The Morgan fingerprint density at radius 1 is 1.24 bits per heavy atom. The van der Waals surface area contributed by atoms with Crippen LogP contribution >= 0.6 is 0 Å². The molecule has 1 aliphatic rings. The molecule has 11 nitrogen and oxygen atoms in total. The number of nitrogens with zero attached hydrogens (tertiary/aromatic N) is 4. The highest BCUT2D eigenvalue weighted by atomic mass is 32.2. The first-order valence-electron chi connectivity index (χ1n) is 15.3. The van der Waals surface area contributed by atoms with Crippen LogP contribution in [0.1, 0.15) is 62.0 Å². The Hall–Kier alpha value is -4.94. The van der Waals surface area contributed by atoms with Gasteiger partial charge in [0.05, 0.1) is 17.9 Å². The lowest BCUT2D eigenvalue weighted by molar-refractivity contribution is -0.0249. The second-order valence-corrected chi connectivity index (χ2v) is 12.9. The molecule has 2 aromatic heterocycles. The number of anilines is 2. The highest BCUT2D eigenvalue weighted by Gasteiger charge is 2.35. The second-order valence-electron chi connectivity index (χ2n) is 12.1. The molecular weight excluding hydrogens is 602 g/mol. The van der Waals surface area contributed by atoms with Gasteiger partial charge in [0.15, 0.2) is 11.5 Å². The third-order valence-electron chi connectivity index (χ3n) is 8.47. The summed E-state index contributed by atoms with van der Waals surface area (Å²) in [5.74, 6) is 1.40. The third-order valence-corrected chi connectivity index (χ3v) is 9.18. The van der Waals surface area contributed by atoms with E-state index in [0.717, 1.165) is 30.4 Å². The number of esters is 1. The van der Waals surface area contributed by atoms with Crippen molar-refractivity contribution in [2.75, 3.05) is 16.7 Å². The molecule has 1 fully saturated rings. The van der Waals surface area contributed by atoms with E-state index in [2.05, 4.69) is 47.5 Å². The van der Waals surface area contributed by atoms with Gasteiger partial charge in [-0.05, 0) is 79.3 Å². The Bertz CT molecular complexity index is 1880. The van der Waals surface area contributed by atoms with Crippen molar-refractivity contribution in [1.82, 2.24) is 14.6 Å². The molecule has 1 aliphatic carbocycles. The van der Waals surface area contributed by atoms with Crippen LogP contribution in [0, 0.1) is 43.3 Å². The van der Waals surface area contributed by atoms with Gasteiger partial charge in [-0.2, -0.15) is 4.21 Å². The lowest BCUT2D eigenvalue weighted by Crippen LogP contribution is -2.37. The number of aromatic nitrogens is 3. The average Bonchev–Trinajstić information content (AvgIpc) is 3.57. The smallest absolute Gasteiger partial charge is 0.331 e. The minimum absolute atomic E-state index is 0.128. The number of fused-ring (bicyclic) bond motifs is 1. The molecule has 2 aromatic carbocycles. The molecule has 1 saturated carbocycles. The number of hydrogen-bond donors (Lipinski definition) is 3. The molecule has 46 heavy (non-hydrogen) atoms. The molecular formula is C34H39N7O4S. The summed E-state index contributed by atoms with van der Waals surface area (Å²) in [6, 6.07) is 16.3. The summed E-state index contributed by atoms with van der Waals surface area (Å²) in [4.78, 5) is 23.4. The van der Waals surface area contributed by atoms with E-state index in [4.69, 9.17) is 26.2 Å². The molecule has 0 spiro atoms. The SMILES string of the molecule is [C-]#[N+]c1cn2[nH]c(-c3ccc(N(C)C#CN)c(NS(=O)Oc4cc(C)ccc4CC)c3)nc2c1C(=O)OC1C(C)CC(C)CC1C.